The highest BCUT2D eigenvalue weighted by Crippen LogP contribution is 2.21. The molecular formula is C12H15FN2O3S. The van der Waals surface area contributed by atoms with Crippen molar-refractivity contribution in [3.8, 4) is 0 Å². The van der Waals surface area contributed by atoms with Crippen LogP contribution in [0.25, 0.3) is 0 Å². The van der Waals surface area contributed by atoms with Crippen LogP contribution in [0.3, 0.4) is 0 Å². The van der Waals surface area contributed by atoms with Crippen LogP contribution >= 0.6 is 0 Å². The van der Waals surface area contributed by atoms with Crippen LogP contribution in [0.1, 0.15) is 6.42 Å². The van der Waals surface area contributed by atoms with E-state index in [9.17, 15) is 17.6 Å². The van der Waals surface area contributed by atoms with Gasteiger partial charge in [-0.15, -0.1) is 0 Å². The predicted molar refractivity (Wildman–Crippen MR) is 69.1 cm³/mol. The number of hydrogen-bond acceptors (Lipinski definition) is 4. The molecule has 0 aromatic heterocycles. The van der Waals surface area contributed by atoms with Crippen molar-refractivity contribution in [2.24, 2.45) is 5.92 Å². The summed E-state index contributed by atoms with van der Waals surface area (Å²) in [5.74, 6) is -1.15. The highest BCUT2D eigenvalue weighted by Gasteiger charge is 2.23. The van der Waals surface area contributed by atoms with Crippen LogP contribution in [0.15, 0.2) is 23.1 Å². The Hall–Kier alpha value is -1.47. The van der Waals surface area contributed by atoms with E-state index >= 15 is 0 Å². The third kappa shape index (κ3) is 3.30. The molecule has 104 valence electrons. The van der Waals surface area contributed by atoms with Crippen LogP contribution < -0.4 is 10.6 Å². The van der Waals surface area contributed by atoms with E-state index in [4.69, 9.17) is 0 Å². The maximum Gasteiger partial charge on any atom is 0.228 e. The molecule has 1 saturated heterocycles. The number of benzene rings is 1. The van der Waals surface area contributed by atoms with Crippen LogP contribution in [-0.4, -0.2) is 33.7 Å². The first kappa shape index (κ1) is 14.0. The Balaban J connectivity index is 2.22. The van der Waals surface area contributed by atoms with Gasteiger partial charge in [0.25, 0.3) is 0 Å². The number of carbonyl (C=O) groups is 1. The Morgan fingerprint density at radius 2 is 2.21 bits per heavy atom. The average Bonchev–Trinajstić information content (AvgIpc) is 2.84. The molecule has 1 amide bonds. The molecule has 5 nitrogen and oxygen atoms in total. The number of sulfone groups is 1. The minimum atomic E-state index is -3.43. The van der Waals surface area contributed by atoms with Gasteiger partial charge in [-0.2, -0.15) is 0 Å². The predicted octanol–water partition coefficient (Wildman–Crippen LogP) is 0.777. The lowest BCUT2D eigenvalue weighted by Crippen LogP contribution is -2.25. The lowest BCUT2D eigenvalue weighted by atomic mass is 10.1. The molecule has 1 atom stereocenters. The van der Waals surface area contributed by atoms with E-state index in [1.165, 1.54) is 6.07 Å². The Morgan fingerprint density at radius 3 is 2.79 bits per heavy atom. The molecule has 19 heavy (non-hydrogen) atoms. The third-order valence-corrected chi connectivity index (χ3v) is 4.17. The van der Waals surface area contributed by atoms with Crippen molar-refractivity contribution in [3.63, 3.8) is 0 Å². The molecule has 1 fully saturated rings. The Labute approximate surface area is 111 Å². The van der Waals surface area contributed by atoms with Gasteiger partial charge in [0.15, 0.2) is 9.84 Å². The number of amides is 1. The van der Waals surface area contributed by atoms with E-state index in [1.54, 1.807) is 0 Å². The van der Waals surface area contributed by atoms with E-state index in [2.05, 4.69) is 10.6 Å². The molecule has 0 radical (unpaired) electrons. The average molecular weight is 286 g/mol. The topological polar surface area (TPSA) is 75.3 Å². The van der Waals surface area contributed by atoms with Gasteiger partial charge >= 0.3 is 0 Å². The van der Waals surface area contributed by atoms with E-state index < -0.39 is 15.7 Å². The zero-order valence-electron chi connectivity index (χ0n) is 10.4. The molecule has 0 aliphatic carbocycles. The number of hydrogen-bond donors (Lipinski definition) is 2. The number of anilines is 1. The fourth-order valence-corrected chi connectivity index (χ4v) is 2.59. The van der Waals surface area contributed by atoms with Gasteiger partial charge in [-0.05, 0) is 31.2 Å². The molecule has 1 heterocycles. The zero-order chi connectivity index (χ0) is 14.0. The maximum atomic E-state index is 13.6. The summed E-state index contributed by atoms with van der Waals surface area (Å²) >= 11 is 0. The molecule has 1 aromatic carbocycles. The second kappa shape index (κ2) is 5.26. The van der Waals surface area contributed by atoms with Gasteiger partial charge in [0.05, 0.1) is 16.5 Å². The summed E-state index contributed by atoms with van der Waals surface area (Å²) in [4.78, 5) is 11.8. The summed E-state index contributed by atoms with van der Waals surface area (Å²) < 4.78 is 36.4. The number of carbonyl (C=O) groups excluding carboxylic acids is 1. The van der Waals surface area contributed by atoms with Crippen LogP contribution in [0, 0.1) is 11.7 Å². The van der Waals surface area contributed by atoms with Gasteiger partial charge in [-0.3, -0.25) is 4.79 Å². The van der Waals surface area contributed by atoms with Crippen LogP contribution in [0.5, 0.6) is 0 Å². The number of nitrogens with one attached hydrogen (secondary N) is 2. The number of rotatable bonds is 3. The Bertz CT molecular complexity index is 595. The summed E-state index contributed by atoms with van der Waals surface area (Å²) in [5, 5.41) is 5.49. The first-order chi connectivity index (χ1) is 8.88. The molecule has 2 rings (SSSR count). The third-order valence-electron chi connectivity index (χ3n) is 3.05. The summed E-state index contributed by atoms with van der Waals surface area (Å²) in [6.45, 7) is 1.31. The smallest absolute Gasteiger partial charge is 0.228 e. The Morgan fingerprint density at radius 1 is 1.47 bits per heavy atom. The van der Waals surface area contributed by atoms with Crippen molar-refractivity contribution < 1.29 is 17.6 Å². The molecule has 1 aliphatic rings. The Kier molecular flexibility index (Phi) is 3.86. The molecule has 2 N–H and O–H groups in total. The number of halogens is 1. The summed E-state index contributed by atoms with van der Waals surface area (Å²) in [7, 11) is -3.43. The fraction of sp³-hybridized carbons (Fsp3) is 0.417. The standard InChI is InChI=1S/C12H15FN2O3S/c1-19(17,18)9-2-3-10(13)11(6-9)15-12(16)8-4-5-14-7-8/h2-3,6,8,14H,4-5,7H2,1H3,(H,15,16). The second-order valence-corrected chi connectivity index (χ2v) is 6.61. The van der Waals surface area contributed by atoms with Gasteiger partial charge in [-0.25, -0.2) is 12.8 Å². The summed E-state index contributed by atoms with van der Waals surface area (Å²) in [5.41, 5.74) is -0.0974. The van der Waals surface area contributed by atoms with Gasteiger partial charge in [0.1, 0.15) is 5.82 Å². The maximum absolute atomic E-state index is 13.6. The van der Waals surface area contributed by atoms with E-state index in [0.717, 1.165) is 24.9 Å². The van der Waals surface area contributed by atoms with Crippen molar-refractivity contribution in [1.82, 2.24) is 5.32 Å². The fourth-order valence-electron chi connectivity index (χ4n) is 1.94. The highest BCUT2D eigenvalue weighted by atomic mass is 32.2. The first-order valence-electron chi connectivity index (χ1n) is 5.89. The molecule has 1 unspecified atom stereocenters. The van der Waals surface area contributed by atoms with Crippen LogP contribution in [-0.2, 0) is 14.6 Å². The molecule has 1 aromatic rings. The van der Waals surface area contributed by atoms with Crippen LogP contribution in [0.2, 0.25) is 0 Å². The van der Waals surface area contributed by atoms with Crippen molar-refractivity contribution in [1.29, 1.82) is 0 Å². The van der Waals surface area contributed by atoms with Gasteiger partial charge in [0.2, 0.25) is 5.91 Å². The molecule has 1 aliphatic heterocycles. The first-order valence-corrected chi connectivity index (χ1v) is 7.78. The van der Waals surface area contributed by atoms with Gasteiger partial charge in [-0.1, -0.05) is 0 Å². The van der Waals surface area contributed by atoms with Crippen molar-refractivity contribution in [2.75, 3.05) is 24.7 Å². The molecule has 0 spiro atoms. The largest absolute Gasteiger partial charge is 0.323 e. The normalized spacial score (nSPS) is 19.4. The summed E-state index contributed by atoms with van der Waals surface area (Å²) in [6.07, 6.45) is 1.73. The molecule has 0 bridgehead atoms. The quantitative estimate of drug-likeness (QED) is 0.805. The molecule has 7 heteroatoms. The van der Waals surface area contributed by atoms with Crippen molar-refractivity contribution in [3.05, 3.63) is 24.0 Å². The SMILES string of the molecule is CS(=O)(=O)c1ccc(F)c(NC(=O)C2CCNC2)c1. The zero-order valence-corrected chi connectivity index (χ0v) is 11.3. The van der Waals surface area contributed by atoms with E-state index in [0.29, 0.717) is 13.0 Å². The van der Waals surface area contributed by atoms with Gasteiger partial charge in [0, 0.05) is 12.8 Å². The summed E-state index contributed by atoms with van der Waals surface area (Å²) in [6, 6.07) is 3.36. The van der Waals surface area contributed by atoms with Crippen molar-refractivity contribution in [2.45, 2.75) is 11.3 Å². The van der Waals surface area contributed by atoms with Crippen LogP contribution in [0.4, 0.5) is 10.1 Å². The minimum absolute atomic E-state index is 0.0197. The minimum Gasteiger partial charge on any atom is -0.323 e. The monoisotopic (exact) mass is 286 g/mol. The van der Waals surface area contributed by atoms with E-state index in [-0.39, 0.29) is 22.4 Å². The van der Waals surface area contributed by atoms with Gasteiger partial charge < -0.3 is 10.6 Å². The second-order valence-electron chi connectivity index (χ2n) is 4.59. The highest BCUT2D eigenvalue weighted by molar-refractivity contribution is 7.90. The molecular weight excluding hydrogens is 271 g/mol. The molecule has 0 saturated carbocycles. The van der Waals surface area contributed by atoms with E-state index in [1.807, 2.05) is 0 Å². The lowest BCUT2D eigenvalue weighted by Gasteiger charge is -2.11. The van der Waals surface area contributed by atoms with Crippen molar-refractivity contribution >= 4 is 21.4 Å². The lowest BCUT2D eigenvalue weighted by molar-refractivity contribution is -0.119.